The summed E-state index contributed by atoms with van der Waals surface area (Å²) in [5.41, 5.74) is 0.144. The lowest BCUT2D eigenvalue weighted by atomic mass is 10.1. The summed E-state index contributed by atoms with van der Waals surface area (Å²) < 4.78 is 30.9. The molecule has 1 aromatic carbocycles. The first-order chi connectivity index (χ1) is 6.20. The van der Waals surface area contributed by atoms with Crippen LogP contribution < -0.4 is 4.74 Å². The second kappa shape index (κ2) is 4.03. The van der Waals surface area contributed by atoms with E-state index in [9.17, 15) is 8.78 Å². The third-order valence-electron chi connectivity index (χ3n) is 1.63. The van der Waals surface area contributed by atoms with Gasteiger partial charge in [0, 0.05) is 0 Å². The number of hydrogen-bond donors (Lipinski definition) is 0. The van der Waals surface area contributed by atoms with Crippen LogP contribution in [-0.4, -0.2) is 7.11 Å². The van der Waals surface area contributed by atoms with Gasteiger partial charge in [-0.15, -0.1) is 0 Å². The number of allylic oxidation sites excluding steroid dienone is 1. The monoisotopic (exact) mass is 184 g/mol. The molecule has 0 aliphatic carbocycles. The van der Waals surface area contributed by atoms with Crippen molar-refractivity contribution in [3.8, 4) is 5.75 Å². The van der Waals surface area contributed by atoms with E-state index in [1.165, 1.54) is 13.2 Å². The van der Waals surface area contributed by atoms with Gasteiger partial charge < -0.3 is 4.74 Å². The molecule has 0 N–H and O–H groups in total. The first-order valence-corrected chi connectivity index (χ1v) is 3.85. The molecule has 0 bridgehead atoms. The molecule has 0 atom stereocenters. The molecule has 0 spiro atoms. The lowest BCUT2D eigenvalue weighted by Crippen LogP contribution is -1.94. The van der Waals surface area contributed by atoms with Crippen molar-refractivity contribution in [2.24, 2.45) is 0 Å². The van der Waals surface area contributed by atoms with E-state index < -0.39 is 11.6 Å². The maximum absolute atomic E-state index is 13.1. The Hall–Kier alpha value is -1.38. The standard InChI is InChI=1S/C10H10F2O/c1-3-4-7-8(11)5-6-9(12)10(7)13-2/h3-6H,1-2H3/b4-3-. The lowest BCUT2D eigenvalue weighted by Gasteiger charge is -2.06. The average molecular weight is 184 g/mol. The molecule has 0 amide bonds. The summed E-state index contributed by atoms with van der Waals surface area (Å²) >= 11 is 0. The minimum absolute atomic E-state index is 0.0573. The Balaban J connectivity index is 3.34. The Morgan fingerprint density at radius 3 is 2.38 bits per heavy atom. The molecule has 3 heteroatoms. The quantitative estimate of drug-likeness (QED) is 0.686. The van der Waals surface area contributed by atoms with Gasteiger partial charge in [0.1, 0.15) is 5.82 Å². The summed E-state index contributed by atoms with van der Waals surface area (Å²) in [6.07, 6.45) is 3.09. The molecule has 0 unspecified atom stereocenters. The SMILES string of the molecule is C/C=C\c1c(F)ccc(F)c1OC. The number of hydrogen-bond acceptors (Lipinski definition) is 1. The molecule has 70 valence electrons. The minimum Gasteiger partial charge on any atom is -0.493 e. The van der Waals surface area contributed by atoms with Crippen LogP contribution in [0.5, 0.6) is 5.75 Å². The fourth-order valence-electron chi connectivity index (χ4n) is 1.08. The minimum atomic E-state index is -0.558. The highest BCUT2D eigenvalue weighted by Crippen LogP contribution is 2.26. The number of halogens is 2. The third kappa shape index (κ3) is 1.86. The Kier molecular flexibility index (Phi) is 3.01. The van der Waals surface area contributed by atoms with Crippen molar-refractivity contribution in [2.45, 2.75) is 6.92 Å². The van der Waals surface area contributed by atoms with E-state index in [0.717, 1.165) is 12.1 Å². The van der Waals surface area contributed by atoms with Gasteiger partial charge in [0.05, 0.1) is 12.7 Å². The molecule has 1 aromatic rings. The smallest absolute Gasteiger partial charge is 0.165 e. The maximum atomic E-state index is 13.1. The first-order valence-electron chi connectivity index (χ1n) is 3.85. The number of methoxy groups -OCH3 is 1. The van der Waals surface area contributed by atoms with Crippen molar-refractivity contribution >= 4 is 6.08 Å². The van der Waals surface area contributed by atoms with Crippen molar-refractivity contribution in [3.05, 3.63) is 35.4 Å². The van der Waals surface area contributed by atoms with Crippen molar-refractivity contribution in [3.63, 3.8) is 0 Å². The second-order valence-corrected chi connectivity index (χ2v) is 2.48. The Bertz CT molecular complexity index is 332. The predicted molar refractivity (Wildman–Crippen MR) is 47.6 cm³/mol. The van der Waals surface area contributed by atoms with E-state index >= 15 is 0 Å². The van der Waals surface area contributed by atoms with Crippen LogP contribution in [0.4, 0.5) is 8.78 Å². The fourth-order valence-corrected chi connectivity index (χ4v) is 1.08. The van der Waals surface area contributed by atoms with Crippen LogP contribution in [-0.2, 0) is 0 Å². The molecule has 0 fully saturated rings. The Morgan fingerprint density at radius 2 is 1.85 bits per heavy atom. The second-order valence-electron chi connectivity index (χ2n) is 2.48. The molecular formula is C10H10F2O. The highest BCUT2D eigenvalue weighted by atomic mass is 19.1. The summed E-state index contributed by atoms with van der Waals surface area (Å²) in [5, 5.41) is 0. The summed E-state index contributed by atoms with van der Waals surface area (Å²) in [7, 11) is 1.31. The number of ether oxygens (including phenoxy) is 1. The average Bonchev–Trinajstić information content (AvgIpc) is 2.12. The Labute approximate surface area is 75.6 Å². The zero-order valence-corrected chi connectivity index (χ0v) is 7.47. The van der Waals surface area contributed by atoms with Crippen LogP contribution >= 0.6 is 0 Å². The van der Waals surface area contributed by atoms with Crippen molar-refractivity contribution in [2.75, 3.05) is 7.11 Å². The van der Waals surface area contributed by atoms with Gasteiger partial charge in [-0.2, -0.15) is 0 Å². The van der Waals surface area contributed by atoms with E-state index in [-0.39, 0.29) is 11.3 Å². The summed E-state index contributed by atoms with van der Waals surface area (Å²) in [6, 6.07) is 2.12. The topological polar surface area (TPSA) is 9.23 Å². The van der Waals surface area contributed by atoms with Gasteiger partial charge in [0.25, 0.3) is 0 Å². The van der Waals surface area contributed by atoms with E-state index in [2.05, 4.69) is 0 Å². The first kappa shape index (κ1) is 9.71. The number of rotatable bonds is 2. The Morgan fingerprint density at radius 1 is 1.23 bits per heavy atom. The fraction of sp³-hybridized carbons (Fsp3) is 0.200. The molecule has 13 heavy (non-hydrogen) atoms. The largest absolute Gasteiger partial charge is 0.493 e. The third-order valence-corrected chi connectivity index (χ3v) is 1.63. The van der Waals surface area contributed by atoms with E-state index in [1.807, 2.05) is 0 Å². The van der Waals surface area contributed by atoms with Gasteiger partial charge in [-0.05, 0) is 19.1 Å². The maximum Gasteiger partial charge on any atom is 0.165 e. The number of benzene rings is 1. The normalized spacial score (nSPS) is 10.8. The molecule has 0 heterocycles. The van der Waals surface area contributed by atoms with Crippen molar-refractivity contribution in [1.82, 2.24) is 0 Å². The van der Waals surface area contributed by atoms with Crippen LogP contribution in [0.3, 0.4) is 0 Å². The molecule has 0 aromatic heterocycles. The zero-order valence-electron chi connectivity index (χ0n) is 7.47. The van der Waals surface area contributed by atoms with Crippen LogP contribution in [0.15, 0.2) is 18.2 Å². The van der Waals surface area contributed by atoms with Gasteiger partial charge in [0.2, 0.25) is 0 Å². The van der Waals surface area contributed by atoms with Crippen LogP contribution in [0.25, 0.3) is 6.08 Å². The molecule has 1 nitrogen and oxygen atoms in total. The molecule has 0 aliphatic rings. The molecular weight excluding hydrogens is 174 g/mol. The molecule has 0 radical (unpaired) electrons. The van der Waals surface area contributed by atoms with Gasteiger partial charge in [-0.25, -0.2) is 8.78 Å². The molecule has 1 rings (SSSR count). The van der Waals surface area contributed by atoms with Gasteiger partial charge in [0.15, 0.2) is 11.6 Å². The van der Waals surface area contributed by atoms with Crippen molar-refractivity contribution < 1.29 is 13.5 Å². The van der Waals surface area contributed by atoms with Crippen LogP contribution in [0.1, 0.15) is 12.5 Å². The van der Waals surface area contributed by atoms with Crippen LogP contribution in [0.2, 0.25) is 0 Å². The molecule has 0 saturated heterocycles. The summed E-state index contributed by atoms with van der Waals surface area (Å²) in [6.45, 7) is 1.73. The van der Waals surface area contributed by atoms with Crippen LogP contribution in [0, 0.1) is 11.6 Å². The van der Waals surface area contributed by atoms with Gasteiger partial charge in [-0.1, -0.05) is 12.2 Å². The summed E-state index contributed by atoms with van der Waals surface area (Å²) in [5.74, 6) is -1.11. The highest BCUT2D eigenvalue weighted by molar-refractivity contribution is 5.58. The zero-order chi connectivity index (χ0) is 9.84. The highest BCUT2D eigenvalue weighted by Gasteiger charge is 2.11. The van der Waals surface area contributed by atoms with Gasteiger partial charge >= 0.3 is 0 Å². The summed E-state index contributed by atoms with van der Waals surface area (Å²) in [4.78, 5) is 0. The molecule has 0 aliphatic heterocycles. The van der Waals surface area contributed by atoms with E-state index in [0.29, 0.717) is 0 Å². The molecule has 0 saturated carbocycles. The van der Waals surface area contributed by atoms with Gasteiger partial charge in [-0.3, -0.25) is 0 Å². The van der Waals surface area contributed by atoms with Crippen molar-refractivity contribution in [1.29, 1.82) is 0 Å². The predicted octanol–water partition coefficient (Wildman–Crippen LogP) is 3.01. The van der Waals surface area contributed by atoms with E-state index in [1.54, 1.807) is 13.0 Å². The van der Waals surface area contributed by atoms with E-state index in [4.69, 9.17) is 4.74 Å². The lowest BCUT2D eigenvalue weighted by molar-refractivity contribution is 0.381.